The minimum Gasteiger partial charge on any atom is -0.481 e. The minimum atomic E-state index is -0.664. The van der Waals surface area contributed by atoms with Crippen LogP contribution in [0.25, 0.3) is 0 Å². The van der Waals surface area contributed by atoms with E-state index in [-0.39, 0.29) is 11.8 Å². The Morgan fingerprint density at radius 2 is 1.79 bits per heavy atom. The third kappa shape index (κ3) is 5.84. The molecule has 0 fully saturated rings. The van der Waals surface area contributed by atoms with Crippen molar-refractivity contribution in [2.45, 2.75) is 52.6 Å². The normalized spacial score (nSPS) is 12.7. The smallest absolute Gasteiger partial charge is 0.265 e. The maximum atomic E-state index is 12.6. The number of para-hydroxylation sites is 1. The molecule has 5 nitrogen and oxygen atoms in total. The zero-order valence-corrected chi connectivity index (χ0v) is 17.1. The summed E-state index contributed by atoms with van der Waals surface area (Å²) in [5.74, 6) is 0.673. The number of ether oxygens (including phenoxy) is 1. The highest BCUT2D eigenvalue weighted by atomic mass is 16.5. The summed E-state index contributed by atoms with van der Waals surface area (Å²) in [6.07, 6.45) is 1.20. The molecular weight excluding hydrogens is 352 g/mol. The second kappa shape index (κ2) is 10.5. The molecular formula is C23H30N2O3. The van der Waals surface area contributed by atoms with E-state index in [1.165, 1.54) is 0 Å². The summed E-state index contributed by atoms with van der Waals surface area (Å²) in [4.78, 5) is 24.7. The maximum Gasteiger partial charge on any atom is 0.265 e. The lowest BCUT2D eigenvalue weighted by molar-refractivity contribution is -0.122. The third-order valence-electron chi connectivity index (χ3n) is 4.66. The molecule has 0 radical (unpaired) electrons. The van der Waals surface area contributed by atoms with E-state index in [9.17, 15) is 9.59 Å². The zero-order valence-electron chi connectivity index (χ0n) is 17.1. The Kier molecular flexibility index (Phi) is 8.05. The first-order chi connectivity index (χ1) is 13.5. The topological polar surface area (TPSA) is 67.4 Å². The van der Waals surface area contributed by atoms with Gasteiger partial charge in [0.05, 0.1) is 0 Å². The quantitative estimate of drug-likeness (QED) is 0.658. The molecule has 0 spiro atoms. The lowest BCUT2D eigenvalue weighted by Gasteiger charge is -2.19. The van der Waals surface area contributed by atoms with Crippen molar-refractivity contribution in [2.24, 2.45) is 0 Å². The van der Waals surface area contributed by atoms with E-state index in [0.717, 1.165) is 24.2 Å². The first-order valence-electron chi connectivity index (χ1n) is 9.90. The largest absolute Gasteiger partial charge is 0.481 e. The molecule has 0 aromatic heterocycles. The fraction of sp³-hybridized carbons (Fsp3) is 0.391. The predicted molar refractivity (Wildman–Crippen MR) is 113 cm³/mol. The van der Waals surface area contributed by atoms with Crippen LogP contribution in [0.5, 0.6) is 5.75 Å². The van der Waals surface area contributed by atoms with E-state index in [0.29, 0.717) is 23.7 Å². The van der Waals surface area contributed by atoms with Gasteiger partial charge >= 0.3 is 0 Å². The summed E-state index contributed by atoms with van der Waals surface area (Å²) in [5.41, 5.74) is 2.18. The molecule has 0 aliphatic rings. The van der Waals surface area contributed by atoms with Crippen molar-refractivity contribution >= 4 is 17.5 Å². The lowest BCUT2D eigenvalue weighted by Crippen LogP contribution is -2.30. The van der Waals surface area contributed by atoms with Gasteiger partial charge in [0.25, 0.3) is 11.8 Å². The molecule has 0 aliphatic heterocycles. The van der Waals surface area contributed by atoms with Gasteiger partial charge < -0.3 is 15.4 Å². The first kappa shape index (κ1) is 21.5. The number of hydrogen-bond donors (Lipinski definition) is 2. The number of nitrogens with one attached hydrogen (secondary N) is 2. The Hall–Kier alpha value is -2.82. The van der Waals surface area contributed by atoms with Gasteiger partial charge in [-0.15, -0.1) is 0 Å². The fourth-order valence-corrected chi connectivity index (χ4v) is 2.78. The molecule has 2 aromatic carbocycles. The van der Waals surface area contributed by atoms with Gasteiger partial charge in [-0.2, -0.15) is 0 Å². The summed E-state index contributed by atoms with van der Waals surface area (Å²) in [6.45, 7) is 8.61. The lowest BCUT2D eigenvalue weighted by atomic mass is 9.98. The first-order valence-corrected chi connectivity index (χ1v) is 9.90. The molecule has 150 valence electrons. The van der Waals surface area contributed by atoms with Crippen LogP contribution in [0.3, 0.4) is 0 Å². The SMILES string of the molecule is CCCNC(=O)c1cccc(NC(=O)C(C)Oc2ccccc2C(C)CC)c1. The van der Waals surface area contributed by atoms with E-state index in [4.69, 9.17) is 4.74 Å². The second-order valence-corrected chi connectivity index (χ2v) is 6.93. The van der Waals surface area contributed by atoms with E-state index < -0.39 is 6.10 Å². The number of anilines is 1. The summed E-state index contributed by atoms with van der Waals surface area (Å²) < 4.78 is 5.94. The molecule has 2 N–H and O–H groups in total. The van der Waals surface area contributed by atoms with Crippen LogP contribution in [-0.2, 0) is 4.79 Å². The average Bonchev–Trinajstić information content (AvgIpc) is 2.71. The number of amides is 2. The van der Waals surface area contributed by atoms with E-state index in [1.54, 1.807) is 31.2 Å². The van der Waals surface area contributed by atoms with Gasteiger partial charge in [0.1, 0.15) is 5.75 Å². The van der Waals surface area contributed by atoms with Crippen LogP contribution in [-0.4, -0.2) is 24.5 Å². The van der Waals surface area contributed by atoms with Crippen molar-refractivity contribution in [1.82, 2.24) is 5.32 Å². The molecule has 0 saturated heterocycles. The molecule has 2 atom stereocenters. The predicted octanol–water partition coefficient (Wildman–Crippen LogP) is 4.75. The zero-order chi connectivity index (χ0) is 20.5. The van der Waals surface area contributed by atoms with Crippen LogP contribution < -0.4 is 15.4 Å². The van der Waals surface area contributed by atoms with Crippen LogP contribution in [0.1, 0.15) is 62.4 Å². The van der Waals surface area contributed by atoms with Crippen LogP contribution >= 0.6 is 0 Å². The van der Waals surface area contributed by atoms with Crippen molar-refractivity contribution in [3.05, 3.63) is 59.7 Å². The van der Waals surface area contributed by atoms with Gasteiger partial charge in [-0.05, 0) is 55.5 Å². The fourth-order valence-electron chi connectivity index (χ4n) is 2.78. The minimum absolute atomic E-state index is 0.148. The second-order valence-electron chi connectivity index (χ2n) is 6.93. The van der Waals surface area contributed by atoms with Gasteiger partial charge in [-0.3, -0.25) is 9.59 Å². The molecule has 2 unspecified atom stereocenters. The molecule has 0 bridgehead atoms. The summed E-state index contributed by atoms with van der Waals surface area (Å²) in [7, 11) is 0. The number of benzene rings is 2. The summed E-state index contributed by atoms with van der Waals surface area (Å²) in [6, 6.07) is 14.7. The van der Waals surface area contributed by atoms with Gasteiger partial charge in [-0.25, -0.2) is 0 Å². The van der Waals surface area contributed by atoms with Crippen molar-refractivity contribution in [1.29, 1.82) is 0 Å². The highest BCUT2D eigenvalue weighted by molar-refractivity contribution is 5.98. The molecule has 0 heterocycles. The van der Waals surface area contributed by atoms with Crippen molar-refractivity contribution in [2.75, 3.05) is 11.9 Å². The van der Waals surface area contributed by atoms with Gasteiger partial charge in [-0.1, -0.05) is 45.0 Å². The monoisotopic (exact) mass is 382 g/mol. The Balaban J connectivity index is 2.04. The Labute approximate surface area is 167 Å². The highest BCUT2D eigenvalue weighted by Crippen LogP contribution is 2.29. The number of carbonyl (C=O) groups is 2. The van der Waals surface area contributed by atoms with E-state index >= 15 is 0 Å². The Bertz CT molecular complexity index is 804. The Morgan fingerprint density at radius 1 is 1.04 bits per heavy atom. The summed E-state index contributed by atoms with van der Waals surface area (Å²) in [5, 5.41) is 5.66. The van der Waals surface area contributed by atoms with Gasteiger partial charge in [0.2, 0.25) is 0 Å². The van der Waals surface area contributed by atoms with Crippen LogP contribution in [0, 0.1) is 0 Å². The average molecular weight is 383 g/mol. The van der Waals surface area contributed by atoms with Gasteiger partial charge in [0, 0.05) is 17.8 Å². The van der Waals surface area contributed by atoms with Crippen molar-refractivity contribution in [3.8, 4) is 5.75 Å². The molecule has 2 rings (SSSR count). The molecule has 5 heteroatoms. The van der Waals surface area contributed by atoms with Crippen molar-refractivity contribution < 1.29 is 14.3 Å². The van der Waals surface area contributed by atoms with Crippen LogP contribution in [0.15, 0.2) is 48.5 Å². The standard InChI is InChI=1S/C23H30N2O3/c1-5-14-24-23(27)18-10-9-11-19(15-18)25-22(26)17(4)28-21-13-8-7-12-20(21)16(3)6-2/h7-13,15-17H,5-6,14H2,1-4H3,(H,24,27)(H,25,26). The highest BCUT2D eigenvalue weighted by Gasteiger charge is 2.18. The van der Waals surface area contributed by atoms with Gasteiger partial charge in [0.15, 0.2) is 6.10 Å². The van der Waals surface area contributed by atoms with E-state index in [2.05, 4.69) is 24.5 Å². The molecule has 2 aromatic rings. The number of rotatable bonds is 9. The molecule has 0 aliphatic carbocycles. The van der Waals surface area contributed by atoms with Crippen LogP contribution in [0.2, 0.25) is 0 Å². The molecule has 0 saturated carbocycles. The number of carbonyl (C=O) groups excluding carboxylic acids is 2. The van der Waals surface area contributed by atoms with Crippen LogP contribution in [0.4, 0.5) is 5.69 Å². The van der Waals surface area contributed by atoms with E-state index in [1.807, 2.05) is 31.2 Å². The molecule has 2 amide bonds. The van der Waals surface area contributed by atoms with Crippen molar-refractivity contribution in [3.63, 3.8) is 0 Å². The maximum absolute atomic E-state index is 12.6. The Morgan fingerprint density at radius 3 is 2.50 bits per heavy atom. The molecule has 28 heavy (non-hydrogen) atoms. The summed E-state index contributed by atoms with van der Waals surface area (Å²) >= 11 is 0. The number of hydrogen-bond acceptors (Lipinski definition) is 3. The third-order valence-corrected chi connectivity index (χ3v) is 4.66.